The van der Waals surface area contributed by atoms with Crippen molar-refractivity contribution in [3.63, 3.8) is 0 Å². The third-order valence-electron chi connectivity index (χ3n) is 4.68. The zero-order valence-corrected chi connectivity index (χ0v) is 13.1. The van der Waals surface area contributed by atoms with Gasteiger partial charge >= 0.3 is 0 Å². The van der Waals surface area contributed by atoms with Gasteiger partial charge in [-0.15, -0.1) is 0 Å². The Bertz CT molecular complexity index is 652. The Hall–Kier alpha value is -1.75. The molecule has 0 saturated carbocycles. The smallest absolute Gasteiger partial charge is 0.123 e. The van der Waals surface area contributed by atoms with E-state index in [0.29, 0.717) is 24.0 Å². The summed E-state index contributed by atoms with van der Waals surface area (Å²) in [5.74, 6) is -0.377. The number of aliphatic hydroxyl groups excluding tert-OH is 1. The van der Waals surface area contributed by atoms with Gasteiger partial charge in [0.25, 0.3) is 0 Å². The normalized spacial score (nSPS) is 18.0. The quantitative estimate of drug-likeness (QED) is 0.912. The van der Waals surface area contributed by atoms with Crippen molar-refractivity contribution in [1.29, 1.82) is 0 Å². The van der Waals surface area contributed by atoms with E-state index >= 15 is 0 Å². The first-order valence-corrected chi connectivity index (χ1v) is 7.99. The molecule has 4 heteroatoms. The third kappa shape index (κ3) is 3.61. The fraction of sp³-hybridized carbons (Fsp3) is 0.368. The number of halogens is 1. The van der Waals surface area contributed by atoms with E-state index in [2.05, 4.69) is 17.0 Å². The number of benzene rings is 2. The molecule has 3 rings (SSSR count). The van der Waals surface area contributed by atoms with Crippen molar-refractivity contribution in [3.05, 3.63) is 71.0 Å². The SMILES string of the molecule is OCc1ccc(F)cc1C1(O)CCN(Cc2ccccc2)CC1. The van der Waals surface area contributed by atoms with E-state index < -0.39 is 5.60 Å². The van der Waals surface area contributed by atoms with Crippen LogP contribution in [0.15, 0.2) is 48.5 Å². The number of piperidine rings is 1. The largest absolute Gasteiger partial charge is 0.392 e. The molecule has 1 heterocycles. The minimum atomic E-state index is -1.06. The summed E-state index contributed by atoms with van der Waals surface area (Å²) in [4.78, 5) is 2.29. The highest BCUT2D eigenvalue weighted by molar-refractivity contribution is 5.33. The van der Waals surface area contributed by atoms with Crippen molar-refractivity contribution in [2.75, 3.05) is 13.1 Å². The Morgan fingerprint density at radius 2 is 1.74 bits per heavy atom. The maximum atomic E-state index is 13.6. The van der Waals surface area contributed by atoms with Gasteiger partial charge in [0.05, 0.1) is 12.2 Å². The van der Waals surface area contributed by atoms with Crippen molar-refractivity contribution in [1.82, 2.24) is 4.90 Å². The van der Waals surface area contributed by atoms with Gasteiger partial charge in [0.15, 0.2) is 0 Å². The average Bonchev–Trinajstić information content (AvgIpc) is 2.58. The van der Waals surface area contributed by atoms with Gasteiger partial charge in [-0.1, -0.05) is 36.4 Å². The Labute approximate surface area is 136 Å². The molecule has 122 valence electrons. The van der Waals surface area contributed by atoms with E-state index in [-0.39, 0.29) is 12.4 Å². The average molecular weight is 315 g/mol. The molecule has 0 amide bonds. The van der Waals surface area contributed by atoms with E-state index in [0.717, 1.165) is 19.6 Å². The lowest BCUT2D eigenvalue weighted by atomic mass is 9.82. The van der Waals surface area contributed by atoms with E-state index in [1.165, 1.54) is 17.7 Å². The Balaban J connectivity index is 1.71. The first-order valence-electron chi connectivity index (χ1n) is 7.99. The summed E-state index contributed by atoms with van der Waals surface area (Å²) in [5, 5.41) is 20.4. The molecule has 0 unspecified atom stereocenters. The second kappa shape index (κ2) is 6.79. The van der Waals surface area contributed by atoms with Gasteiger partial charge in [-0.25, -0.2) is 4.39 Å². The highest BCUT2D eigenvalue weighted by atomic mass is 19.1. The molecule has 0 aliphatic carbocycles. The first-order chi connectivity index (χ1) is 11.1. The monoisotopic (exact) mass is 315 g/mol. The van der Waals surface area contributed by atoms with Crippen LogP contribution in [-0.2, 0) is 18.8 Å². The zero-order valence-electron chi connectivity index (χ0n) is 13.1. The van der Waals surface area contributed by atoms with Crippen LogP contribution in [0.4, 0.5) is 4.39 Å². The lowest BCUT2D eigenvalue weighted by Gasteiger charge is -2.39. The summed E-state index contributed by atoms with van der Waals surface area (Å²) in [6, 6.07) is 14.5. The van der Waals surface area contributed by atoms with E-state index in [1.54, 1.807) is 6.07 Å². The fourth-order valence-electron chi connectivity index (χ4n) is 3.31. The van der Waals surface area contributed by atoms with E-state index in [4.69, 9.17) is 0 Å². The molecule has 1 saturated heterocycles. The number of rotatable bonds is 4. The molecule has 2 aromatic carbocycles. The van der Waals surface area contributed by atoms with Crippen LogP contribution in [0.5, 0.6) is 0 Å². The molecule has 2 aromatic rings. The minimum Gasteiger partial charge on any atom is -0.392 e. The van der Waals surface area contributed by atoms with Crippen LogP contribution in [0.3, 0.4) is 0 Å². The van der Waals surface area contributed by atoms with Crippen LogP contribution in [0.1, 0.15) is 29.5 Å². The summed E-state index contributed by atoms with van der Waals surface area (Å²) in [7, 11) is 0. The van der Waals surface area contributed by atoms with Gasteiger partial charge in [0.1, 0.15) is 5.82 Å². The van der Waals surface area contributed by atoms with Crippen molar-refractivity contribution in [3.8, 4) is 0 Å². The predicted molar refractivity (Wildman–Crippen MR) is 87.2 cm³/mol. The van der Waals surface area contributed by atoms with Crippen LogP contribution in [0.25, 0.3) is 0 Å². The predicted octanol–water partition coefficient (Wildman–Crippen LogP) is 2.80. The fourth-order valence-corrected chi connectivity index (χ4v) is 3.31. The molecule has 3 nitrogen and oxygen atoms in total. The maximum Gasteiger partial charge on any atom is 0.123 e. The summed E-state index contributed by atoms with van der Waals surface area (Å²) in [6.07, 6.45) is 1.08. The Kier molecular flexibility index (Phi) is 4.76. The summed E-state index contributed by atoms with van der Waals surface area (Å²) in [5.41, 5.74) is 1.32. The van der Waals surface area contributed by atoms with Crippen molar-refractivity contribution >= 4 is 0 Å². The van der Waals surface area contributed by atoms with E-state index in [1.807, 2.05) is 18.2 Å². The van der Waals surface area contributed by atoms with Gasteiger partial charge in [0.2, 0.25) is 0 Å². The summed E-state index contributed by atoms with van der Waals surface area (Å²) < 4.78 is 13.6. The molecule has 0 bridgehead atoms. The minimum absolute atomic E-state index is 0.189. The molecule has 0 spiro atoms. The highest BCUT2D eigenvalue weighted by Gasteiger charge is 2.35. The molecule has 1 aliphatic rings. The van der Waals surface area contributed by atoms with Crippen molar-refractivity contribution in [2.45, 2.75) is 31.6 Å². The van der Waals surface area contributed by atoms with Crippen LogP contribution < -0.4 is 0 Å². The number of hydrogen-bond acceptors (Lipinski definition) is 3. The zero-order chi connectivity index (χ0) is 16.3. The molecule has 0 atom stereocenters. The summed E-state index contributed by atoms with van der Waals surface area (Å²) in [6.45, 7) is 2.15. The maximum absolute atomic E-state index is 13.6. The first kappa shape index (κ1) is 16.1. The molecule has 2 N–H and O–H groups in total. The molecule has 0 aromatic heterocycles. The van der Waals surface area contributed by atoms with Gasteiger partial charge in [-0.2, -0.15) is 0 Å². The summed E-state index contributed by atoms with van der Waals surface area (Å²) >= 11 is 0. The number of nitrogens with zero attached hydrogens (tertiary/aromatic N) is 1. The van der Waals surface area contributed by atoms with Gasteiger partial charge in [-0.3, -0.25) is 4.90 Å². The van der Waals surface area contributed by atoms with Crippen LogP contribution in [0, 0.1) is 5.82 Å². The molecular formula is C19H22FNO2. The highest BCUT2D eigenvalue weighted by Crippen LogP contribution is 2.35. The van der Waals surface area contributed by atoms with Gasteiger partial charge < -0.3 is 10.2 Å². The Morgan fingerprint density at radius 1 is 1.04 bits per heavy atom. The molecule has 0 radical (unpaired) electrons. The van der Waals surface area contributed by atoms with Gasteiger partial charge in [0, 0.05) is 19.6 Å². The second-order valence-corrected chi connectivity index (χ2v) is 6.25. The van der Waals surface area contributed by atoms with Crippen molar-refractivity contribution in [2.24, 2.45) is 0 Å². The lowest BCUT2D eigenvalue weighted by molar-refractivity contribution is -0.0292. The molecule has 1 aliphatic heterocycles. The van der Waals surface area contributed by atoms with Gasteiger partial charge in [-0.05, 0) is 41.7 Å². The van der Waals surface area contributed by atoms with Crippen LogP contribution in [-0.4, -0.2) is 28.2 Å². The second-order valence-electron chi connectivity index (χ2n) is 6.25. The number of likely N-dealkylation sites (tertiary alicyclic amines) is 1. The molecule has 23 heavy (non-hydrogen) atoms. The Morgan fingerprint density at radius 3 is 2.39 bits per heavy atom. The number of aliphatic hydroxyl groups is 2. The lowest BCUT2D eigenvalue weighted by Crippen LogP contribution is -2.42. The van der Waals surface area contributed by atoms with Crippen LogP contribution in [0.2, 0.25) is 0 Å². The third-order valence-corrected chi connectivity index (χ3v) is 4.68. The van der Waals surface area contributed by atoms with Crippen LogP contribution >= 0.6 is 0 Å². The topological polar surface area (TPSA) is 43.7 Å². The molecular weight excluding hydrogens is 293 g/mol. The number of hydrogen-bond donors (Lipinski definition) is 2. The van der Waals surface area contributed by atoms with E-state index in [9.17, 15) is 14.6 Å². The van der Waals surface area contributed by atoms with Crippen molar-refractivity contribution < 1.29 is 14.6 Å². The molecule has 1 fully saturated rings. The standard InChI is InChI=1S/C19H22FNO2/c20-17-7-6-16(14-22)18(12-17)19(23)8-10-21(11-9-19)13-15-4-2-1-3-5-15/h1-7,12,22-23H,8-11,13-14H2.